The molecule has 0 aromatic carbocycles. The Labute approximate surface area is 113 Å². The Hall–Kier alpha value is -0.290. The van der Waals surface area contributed by atoms with Crippen LogP contribution in [0.4, 0.5) is 0 Å². The van der Waals surface area contributed by atoms with Crippen molar-refractivity contribution >= 4 is 29.6 Å². The minimum Gasteiger partial charge on any atom is -0.374 e. The topological polar surface area (TPSA) is 18.8 Å². The van der Waals surface area contributed by atoms with Gasteiger partial charge in [0.05, 0.1) is 6.54 Å². The van der Waals surface area contributed by atoms with Crippen molar-refractivity contribution in [2.45, 2.75) is 24.1 Å². The first kappa shape index (κ1) is 11.8. The Kier molecular flexibility index (Phi) is 3.56. The van der Waals surface area contributed by atoms with Crippen LogP contribution in [-0.4, -0.2) is 58.2 Å². The Balaban J connectivity index is 0.000000113. The first-order chi connectivity index (χ1) is 8.33. The number of thiol groups is 1. The lowest BCUT2D eigenvalue weighted by molar-refractivity contribution is 0.177. The van der Waals surface area contributed by atoms with E-state index >= 15 is 0 Å². The number of aliphatic imine (C=N–C) groups is 1. The van der Waals surface area contributed by atoms with Gasteiger partial charge < -0.3 is 9.80 Å². The van der Waals surface area contributed by atoms with E-state index in [1.807, 2.05) is 11.8 Å². The summed E-state index contributed by atoms with van der Waals surface area (Å²) in [5.74, 6) is 1.17. The monoisotopic (exact) mass is 269 g/mol. The first-order valence-electron chi connectivity index (χ1n) is 6.35. The summed E-state index contributed by atoms with van der Waals surface area (Å²) in [4.78, 5) is 9.07. The average Bonchev–Trinajstić information content (AvgIpc) is 2.86. The van der Waals surface area contributed by atoms with Crippen LogP contribution in [0.2, 0.25) is 0 Å². The molecule has 1 atom stereocenters. The maximum atomic E-state index is 4.36. The molecule has 4 rings (SSSR count). The van der Waals surface area contributed by atoms with E-state index in [0.717, 1.165) is 25.7 Å². The lowest BCUT2D eigenvalue weighted by Crippen LogP contribution is -2.49. The third kappa shape index (κ3) is 2.60. The number of hydrogen-bond donors (Lipinski definition) is 1. The van der Waals surface area contributed by atoms with Crippen molar-refractivity contribution in [1.82, 2.24) is 9.80 Å². The fourth-order valence-electron chi connectivity index (χ4n) is 2.39. The summed E-state index contributed by atoms with van der Waals surface area (Å²) in [6.07, 6.45) is 7.21. The molecule has 2 saturated heterocycles. The maximum Gasteiger partial charge on any atom is 0.159 e. The van der Waals surface area contributed by atoms with Crippen LogP contribution in [0.3, 0.4) is 0 Å². The molecule has 0 saturated carbocycles. The molecule has 3 nitrogen and oxygen atoms in total. The van der Waals surface area contributed by atoms with Gasteiger partial charge >= 0.3 is 0 Å². The second-order valence-corrected chi connectivity index (χ2v) is 6.66. The molecule has 4 aliphatic heterocycles. The molecule has 0 aromatic rings. The second-order valence-electron chi connectivity index (χ2n) is 4.87. The lowest BCUT2D eigenvalue weighted by atomic mass is 10.1. The normalized spacial score (nSPS) is 30.2. The van der Waals surface area contributed by atoms with Gasteiger partial charge in [0.15, 0.2) is 5.17 Å². The molecule has 0 spiro atoms. The van der Waals surface area contributed by atoms with Crippen molar-refractivity contribution in [3.8, 4) is 0 Å². The highest BCUT2D eigenvalue weighted by molar-refractivity contribution is 8.14. The van der Waals surface area contributed by atoms with Crippen molar-refractivity contribution in [2.75, 3.05) is 31.9 Å². The van der Waals surface area contributed by atoms with Gasteiger partial charge in [-0.1, -0.05) is 17.8 Å². The Morgan fingerprint density at radius 2 is 2.29 bits per heavy atom. The van der Waals surface area contributed by atoms with Gasteiger partial charge in [-0.15, -0.1) is 0 Å². The molecule has 0 aromatic heterocycles. The minimum atomic E-state index is 0.587. The minimum absolute atomic E-state index is 0.587. The molecular weight excluding hydrogens is 250 g/mol. The van der Waals surface area contributed by atoms with E-state index < -0.39 is 0 Å². The van der Waals surface area contributed by atoms with Crippen LogP contribution >= 0.6 is 24.4 Å². The van der Waals surface area contributed by atoms with Gasteiger partial charge in [-0.3, -0.25) is 4.99 Å². The summed E-state index contributed by atoms with van der Waals surface area (Å²) in [5, 5.41) is 1.83. The van der Waals surface area contributed by atoms with Crippen molar-refractivity contribution in [2.24, 2.45) is 4.99 Å². The zero-order valence-corrected chi connectivity index (χ0v) is 11.7. The number of hydrogen-bond acceptors (Lipinski definition) is 5. The highest BCUT2D eigenvalue weighted by atomic mass is 32.2. The predicted molar refractivity (Wildman–Crippen MR) is 78.0 cm³/mol. The quantitative estimate of drug-likeness (QED) is 0.675. The highest BCUT2D eigenvalue weighted by Crippen LogP contribution is 2.25. The molecule has 0 amide bonds. The Bertz CT molecular complexity index is 337. The van der Waals surface area contributed by atoms with Crippen LogP contribution in [0, 0.1) is 0 Å². The molecule has 4 aliphatic rings. The van der Waals surface area contributed by atoms with Crippen LogP contribution in [0.25, 0.3) is 0 Å². The molecule has 2 fully saturated rings. The van der Waals surface area contributed by atoms with Gasteiger partial charge in [0.1, 0.15) is 0 Å². The van der Waals surface area contributed by atoms with Gasteiger partial charge in [0.2, 0.25) is 0 Å². The lowest BCUT2D eigenvalue weighted by Gasteiger charge is -2.37. The number of rotatable bonds is 0. The summed E-state index contributed by atoms with van der Waals surface area (Å²) >= 11 is 6.20. The van der Waals surface area contributed by atoms with Crippen molar-refractivity contribution in [3.63, 3.8) is 0 Å². The van der Waals surface area contributed by atoms with E-state index in [2.05, 4.69) is 39.7 Å². The molecule has 1 unspecified atom stereocenters. The van der Waals surface area contributed by atoms with E-state index in [4.69, 9.17) is 0 Å². The standard InChI is InChI=1S/C6H10N2S2.C6H9N/c9-5-3-8(4-5)6-7-1-2-10-6;1-2-6-3-5-7(6)4-1/h5,9H,1-4H2;1,4,6H,2-3,5H2. The number of amidine groups is 1. The van der Waals surface area contributed by atoms with Crippen LogP contribution in [0.1, 0.15) is 12.8 Å². The van der Waals surface area contributed by atoms with E-state index in [-0.39, 0.29) is 0 Å². The maximum absolute atomic E-state index is 4.36. The van der Waals surface area contributed by atoms with Crippen molar-refractivity contribution in [3.05, 3.63) is 12.3 Å². The van der Waals surface area contributed by atoms with E-state index in [1.54, 1.807) is 0 Å². The summed E-state index contributed by atoms with van der Waals surface area (Å²) in [7, 11) is 0. The van der Waals surface area contributed by atoms with Gasteiger partial charge in [-0.05, 0) is 19.0 Å². The summed E-state index contributed by atoms with van der Waals surface area (Å²) in [5.41, 5.74) is 0. The second kappa shape index (κ2) is 5.14. The number of fused-ring (bicyclic) bond motifs is 1. The van der Waals surface area contributed by atoms with Gasteiger partial charge in [-0.2, -0.15) is 12.6 Å². The molecule has 94 valence electrons. The molecule has 0 radical (unpaired) electrons. The Morgan fingerprint density at radius 1 is 1.41 bits per heavy atom. The molecule has 5 heteroatoms. The summed E-state index contributed by atoms with van der Waals surface area (Å²) < 4.78 is 0. The molecular formula is C12H19N3S2. The zero-order chi connectivity index (χ0) is 11.7. The predicted octanol–water partition coefficient (Wildman–Crippen LogP) is 1.68. The van der Waals surface area contributed by atoms with E-state index in [1.165, 1.54) is 30.3 Å². The highest BCUT2D eigenvalue weighted by Gasteiger charge is 2.28. The number of thioether (sulfide) groups is 1. The first-order valence-corrected chi connectivity index (χ1v) is 7.86. The number of likely N-dealkylation sites (tertiary alicyclic amines) is 1. The zero-order valence-electron chi connectivity index (χ0n) is 9.96. The Morgan fingerprint density at radius 3 is 2.71 bits per heavy atom. The fourth-order valence-corrected chi connectivity index (χ4v) is 3.66. The van der Waals surface area contributed by atoms with Crippen LogP contribution in [0.5, 0.6) is 0 Å². The van der Waals surface area contributed by atoms with E-state index in [9.17, 15) is 0 Å². The fraction of sp³-hybridized carbons (Fsp3) is 0.750. The number of nitrogens with zero attached hydrogens (tertiary/aromatic N) is 3. The van der Waals surface area contributed by atoms with Gasteiger partial charge in [0.25, 0.3) is 0 Å². The SMILES string of the molecule is C1=CN2CCC2C1.SC1CN(C2=NCCS2)C1. The average molecular weight is 269 g/mol. The third-order valence-electron chi connectivity index (χ3n) is 3.60. The largest absolute Gasteiger partial charge is 0.374 e. The van der Waals surface area contributed by atoms with Crippen molar-refractivity contribution in [1.29, 1.82) is 0 Å². The molecule has 0 bridgehead atoms. The smallest absolute Gasteiger partial charge is 0.159 e. The molecule has 0 N–H and O–H groups in total. The van der Waals surface area contributed by atoms with Gasteiger partial charge in [-0.25, -0.2) is 0 Å². The molecule has 17 heavy (non-hydrogen) atoms. The molecule has 0 aliphatic carbocycles. The van der Waals surface area contributed by atoms with Crippen LogP contribution in [0.15, 0.2) is 17.3 Å². The summed E-state index contributed by atoms with van der Waals surface area (Å²) in [6, 6.07) is 0.917. The van der Waals surface area contributed by atoms with Gasteiger partial charge in [0, 0.05) is 36.7 Å². The summed E-state index contributed by atoms with van der Waals surface area (Å²) in [6.45, 7) is 4.50. The van der Waals surface area contributed by atoms with Crippen LogP contribution in [-0.2, 0) is 0 Å². The van der Waals surface area contributed by atoms with Crippen LogP contribution < -0.4 is 0 Å². The third-order valence-corrected chi connectivity index (χ3v) is 4.96. The molecule has 4 heterocycles. The van der Waals surface area contributed by atoms with Crippen molar-refractivity contribution < 1.29 is 0 Å². The van der Waals surface area contributed by atoms with E-state index in [0.29, 0.717) is 5.25 Å².